The molecule has 2 fully saturated rings. The molecule has 16 heavy (non-hydrogen) atoms. The monoisotopic (exact) mass is 217 g/mol. The highest BCUT2D eigenvalue weighted by Crippen LogP contribution is 2.35. The first-order chi connectivity index (χ1) is 7.81. The molecule has 2 aliphatic rings. The standard InChI is InChI=1S/C13H19N3/c14-12-5-13(7-15-6-12)16(8-10-1-2-10)9-11-3-4-11/h5-7,10-11H,1-4,8-9,14H2. The third kappa shape index (κ3) is 2.46. The minimum atomic E-state index is 0.772. The predicted molar refractivity (Wildman–Crippen MR) is 66.3 cm³/mol. The maximum absolute atomic E-state index is 5.80. The van der Waals surface area contributed by atoms with Crippen molar-refractivity contribution < 1.29 is 0 Å². The van der Waals surface area contributed by atoms with Crippen LogP contribution in [0.25, 0.3) is 0 Å². The molecule has 3 nitrogen and oxygen atoms in total. The summed E-state index contributed by atoms with van der Waals surface area (Å²) in [6, 6.07) is 2.05. The maximum Gasteiger partial charge on any atom is 0.0573 e. The van der Waals surface area contributed by atoms with E-state index in [4.69, 9.17) is 5.73 Å². The van der Waals surface area contributed by atoms with Crippen LogP contribution in [-0.2, 0) is 0 Å². The van der Waals surface area contributed by atoms with Gasteiger partial charge in [-0.2, -0.15) is 0 Å². The number of anilines is 2. The van der Waals surface area contributed by atoms with Crippen LogP contribution in [0.2, 0.25) is 0 Å². The Morgan fingerprint density at radius 2 is 1.75 bits per heavy atom. The highest BCUT2D eigenvalue weighted by atomic mass is 15.1. The quantitative estimate of drug-likeness (QED) is 0.822. The summed E-state index contributed by atoms with van der Waals surface area (Å²) in [7, 11) is 0. The van der Waals surface area contributed by atoms with Crippen LogP contribution in [0.15, 0.2) is 18.5 Å². The fraction of sp³-hybridized carbons (Fsp3) is 0.615. The van der Waals surface area contributed by atoms with Gasteiger partial charge in [0, 0.05) is 19.3 Å². The topological polar surface area (TPSA) is 42.1 Å². The van der Waals surface area contributed by atoms with Crippen LogP contribution in [0.1, 0.15) is 25.7 Å². The van der Waals surface area contributed by atoms with E-state index in [1.165, 1.54) is 44.5 Å². The molecule has 0 amide bonds. The predicted octanol–water partition coefficient (Wildman–Crippen LogP) is 2.29. The second kappa shape index (κ2) is 3.96. The Labute approximate surface area is 96.7 Å². The van der Waals surface area contributed by atoms with E-state index in [1.807, 2.05) is 6.20 Å². The number of nitrogen functional groups attached to an aromatic ring is 1. The van der Waals surface area contributed by atoms with Gasteiger partial charge in [0.25, 0.3) is 0 Å². The molecule has 1 aromatic rings. The lowest BCUT2D eigenvalue weighted by molar-refractivity contribution is 0.678. The van der Waals surface area contributed by atoms with E-state index in [0.29, 0.717) is 0 Å². The number of nitrogens with two attached hydrogens (primary N) is 1. The van der Waals surface area contributed by atoms with Gasteiger partial charge in [-0.3, -0.25) is 4.98 Å². The summed E-state index contributed by atoms with van der Waals surface area (Å²) < 4.78 is 0. The Kier molecular flexibility index (Phi) is 2.46. The zero-order chi connectivity index (χ0) is 11.0. The highest BCUT2D eigenvalue weighted by molar-refractivity contribution is 5.53. The van der Waals surface area contributed by atoms with E-state index >= 15 is 0 Å². The molecule has 2 saturated carbocycles. The van der Waals surface area contributed by atoms with Crippen molar-refractivity contribution in [2.45, 2.75) is 25.7 Å². The van der Waals surface area contributed by atoms with Gasteiger partial charge in [-0.1, -0.05) is 0 Å². The molecule has 0 spiro atoms. The summed E-state index contributed by atoms with van der Waals surface area (Å²) in [4.78, 5) is 6.68. The van der Waals surface area contributed by atoms with Gasteiger partial charge in [0.05, 0.1) is 17.6 Å². The first-order valence-electron chi connectivity index (χ1n) is 6.27. The minimum Gasteiger partial charge on any atom is -0.397 e. The second-order valence-corrected chi connectivity index (χ2v) is 5.27. The lowest BCUT2D eigenvalue weighted by atomic mass is 10.2. The summed E-state index contributed by atoms with van der Waals surface area (Å²) in [5.41, 5.74) is 7.78. The molecule has 3 heteroatoms. The molecule has 2 aliphatic carbocycles. The number of aromatic nitrogens is 1. The first kappa shape index (κ1) is 9.94. The Hall–Kier alpha value is -1.25. The van der Waals surface area contributed by atoms with Crippen molar-refractivity contribution in [2.75, 3.05) is 23.7 Å². The van der Waals surface area contributed by atoms with Gasteiger partial charge in [0.1, 0.15) is 0 Å². The Morgan fingerprint density at radius 1 is 1.12 bits per heavy atom. The third-order valence-electron chi connectivity index (χ3n) is 3.46. The number of rotatable bonds is 5. The summed E-state index contributed by atoms with van der Waals surface area (Å²) in [5.74, 6) is 1.83. The molecule has 0 saturated heterocycles. The van der Waals surface area contributed by atoms with Crippen molar-refractivity contribution in [1.82, 2.24) is 4.98 Å². The Morgan fingerprint density at radius 3 is 2.25 bits per heavy atom. The van der Waals surface area contributed by atoms with E-state index in [1.54, 1.807) is 6.20 Å². The average molecular weight is 217 g/mol. The molecular formula is C13H19N3. The molecule has 0 unspecified atom stereocenters. The van der Waals surface area contributed by atoms with Crippen molar-refractivity contribution in [3.05, 3.63) is 18.5 Å². The summed E-state index contributed by atoms with van der Waals surface area (Å²) >= 11 is 0. The average Bonchev–Trinajstić information content (AvgIpc) is 3.11. The molecule has 2 N–H and O–H groups in total. The van der Waals surface area contributed by atoms with Crippen molar-refractivity contribution in [1.29, 1.82) is 0 Å². The summed E-state index contributed by atoms with van der Waals surface area (Å²) in [5, 5.41) is 0. The third-order valence-corrected chi connectivity index (χ3v) is 3.46. The zero-order valence-corrected chi connectivity index (χ0v) is 9.60. The Bertz CT molecular complexity index is 355. The van der Waals surface area contributed by atoms with Crippen LogP contribution < -0.4 is 10.6 Å². The van der Waals surface area contributed by atoms with Crippen LogP contribution >= 0.6 is 0 Å². The van der Waals surface area contributed by atoms with Crippen LogP contribution in [0.3, 0.4) is 0 Å². The molecule has 0 atom stereocenters. The molecule has 1 heterocycles. The van der Waals surface area contributed by atoms with E-state index in [0.717, 1.165) is 17.5 Å². The molecule has 0 aromatic carbocycles. The molecule has 0 radical (unpaired) electrons. The second-order valence-electron chi connectivity index (χ2n) is 5.27. The van der Waals surface area contributed by atoms with E-state index in [9.17, 15) is 0 Å². The van der Waals surface area contributed by atoms with Crippen LogP contribution in [0.4, 0.5) is 11.4 Å². The number of nitrogens with zero attached hydrogens (tertiary/aromatic N) is 2. The van der Waals surface area contributed by atoms with Gasteiger partial charge in [0.15, 0.2) is 0 Å². The largest absolute Gasteiger partial charge is 0.397 e. The van der Waals surface area contributed by atoms with Gasteiger partial charge >= 0.3 is 0 Å². The van der Waals surface area contributed by atoms with Crippen molar-refractivity contribution in [3.8, 4) is 0 Å². The molecule has 0 bridgehead atoms. The minimum absolute atomic E-state index is 0.772. The SMILES string of the molecule is Nc1cncc(N(CC2CC2)CC2CC2)c1. The number of pyridine rings is 1. The van der Waals surface area contributed by atoms with Gasteiger partial charge in [-0.05, 0) is 43.6 Å². The first-order valence-corrected chi connectivity index (χ1v) is 6.27. The van der Waals surface area contributed by atoms with Crippen molar-refractivity contribution in [2.24, 2.45) is 11.8 Å². The van der Waals surface area contributed by atoms with E-state index in [-0.39, 0.29) is 0 Å². The van der Waals surface area contributed by atoms with Crippen LogP contribution in [-0.4, -0.2) is 18.1 Å². The van der Waals surface area contributed by atoms with Gasteiger partial charge < -0.3 is 10.6 Å². The summed E-state index contributed by atoms with van der Waals surface area (Å²) in [6.07, 6.45) is 9.26. The highest BCUT2D eigenvalue weighted by Gasteiger charge is 2.29. The van der Waals surface area contributed by atoms with E-state index in [2.05, 4.69) is 16.0 Å². The van der Waals surface area contributed by atoms with Gasteiger partial charge in [0.2, 0.25) is 0 Å². The fourth-order valence-corrected chi connectivity index (χ4v) is 2.13. The normalized spacial score (nSPS) is 19.8. The zero-order valence-electron chi connectivity index (χ0n) is 9.60. The summed E-state index contributed by atoms with van der Waals surface area (Å²) in [6.45, 7) is 2.39. The molecule has 0 aliphatic heterocycles. The lowest BCUT2D eigenvalue weighted by Gasteiger charge is -2.24. The number of hydrogen-bond acceptors (Lipinski definition) is 3. The maximum atomic E-state index is 5.80. The van der Waals surface area contributed by atoms with E-state index < -0.39 is 0 Å². The van der Waals surface area contributed by atoms with Crippen LogP contribution in [0, 0.1) is 11.8 Å². The molecule has 3 rings (SSSR count). The fourth-order valence-electron chi connectivity index (χ4n) is 2.13. The van der Waals surface area contributed by atoms with Gasteiger partial charge in [-0.15, -0.1) is 0 Å². The van der Waals surface area contributed by atoms with Crippen molar-refractivity contribution in [3.63, 3.8) is 0 Å². The van der Waals surface area contributed by atoms with Crippen molar-refractivity contribution >= 4 is 11.4 Å². The lowest BCUT2D eigenvalue weighted by Crippen LogP contribution is -2.28. The molecular weight excluding hydrogens is 198 g/mol. The van der Waals surface area contributed by atoms with Crippen LogP contribution in [0.5, 0.6) is 0 Å². The molecule has 1 aromatic heterocycles. The molecule has 86 valence electrons. The number of hydrogen-bond donors (Lipinski definition) is 1. The van der Waals surface area contributed by atoms with Gasteiger partial charge in [-0.25, -0.2) is 0 Å². The smallest absolute Gasteiger partial charge is 0.0573 e. The Balaban J connectivity index is 1.73.